The molecular weight excluding hydrogens is 438 g/mol. The van der Waals surface area contributed by atoms with Gasteiger partial charge in [-0.1, -0.05) is 41.9 Å². The van der Waals surface area contributed by atoms with E-state index >= 15 is 0 Å². The Labute approximate surface area is 186 Å². The third-order valence-electron chi connectivity index (χ3n) is 5.44. The van der Waals surface area contributed by atoms with Crippen LogP contribution in [0, 0.1) is 0 Å². The number of aromatic nitrogens is 3. The van der Waals surface area contributed by atoms with Gasteiger partial charge < -0.3 is 5.32 Å². The molecule has 0 saturated carbocycles. The van der Waals surface area contributed by atoms with Gasteiger partial charge in [0.1, 0.15) is 11.6 Å². The highest BCUT2D eigenvalue weighted by Gasteiger charge is 2.39. The fourth-order valence-electron chi connectivity index (χ4n) is 3.86. The van der Waals surface area contributed by atoms with E-state index in [9.17, 15) is 13.2 Å². The Morgan fingerprint density at radius 2 is 2.06 bits per heavy atom. The molecule has 1 saturated heterocycles. The number of carbonyl (C=O) groups excluding carboxylic acids is 1. The highest BCUT2D eigenvalue weighted by atomic mass is 35.5. The first-order chi connectivity index (χ1) is 14.9. The molecule has 1 aliphatic rings. The molecule has 10 heteroatoms. The molecule has 164 valence electrons. The van der Waals surface area contributed by atoms with Gasteiger partial charge in [-0.05, 0) is 49.1 Å². The summed E-state index contributed by atoms with van der Waals surface area (Å²) in [5, 5.41) is 11.6. The zero-order valence-corrected chi connectivity index (χ0v) is 18.7. The van der Waals surface area contributed by atoms with Crippen LogP contribution in [0.2, 0.25) is 5.02 Å². The summed E-state index contributed by atoms with van der Waals surface area (Å²) in [6.07, 6.45) is 2.00. The van der Waals surface area contributed by atoms with Crippen LogP contribution in [0.3, 0.4) is 0 Å². The van der Waals surface area contributed by atoms with E-state index in [2.05, 4.69) is 15.6 Å². The van der Waals surface area contributed by atoms with Gasteiger partial charge in [0.25, 0.3) is 0 Å². The molecule has 2 aromatic carbocycles. The lowest BCUT2D eigenvalue weighted by atomic mass is 10.2. The Morgan fingerprint density at radius 1 is 1.26 bits per heavy atom. The average molecular weight is 462 g/mol. The Hall–Kier alpha value is -2.49. The molecule has 0 unspecified atom stereocenters. The van der Waals surface area contributed by atoms with Crippen LogP contribution >= 0.6 is 11.6 Å². The maximum Gasteiger partial charge on any atom is 0.243 e. The molecule has 0 bridgehead atoms. The van der Waals surface area contributed by atoms with Crippen molar-refractivity contribution < 1.29 is 13.2 Å². The summed E-state index contributed by atoms with van der Waals surface area (Å²) in [5.74, 6) is -0.323. The number of nitrogens with zero attached hydrogens (tertiary/aromatic N) is 4. The van der Waals surface area contributed by atoms with Crippen molar-refractivity contribution in [2.75, 3.05) is 6.54 Å². The van der Waals surface area contributed by atoms with Crippen molar-refractivity contribution in [3.63, 3.8) is 0 Å². The Morgan fingerprint density at radius 3 is 2.84 bits per heavy atom. The van der Waals surface area contributed by atoms with Gasteiger partial charge in [0.2, 0.25) is 15.9 Å². The van der Waals surface area contributed by atoms with Crippen molar-refractivity contribution in [2.45, 2.75) is 50.2 Å². The number of aryl methyl sites for hydroxylation is 1. The predicted molar refractivity (Wildman–Crippen MR) is 118 cm³/mol. The van der Waals surface area contributed by atoms with E-state index in [1.165, 1.54) is 10.4 Å². The fraction of sp³-hybridized carbons (Fsp3) is 0.381. The van der Waals surface area contributed by atoms with Gasteiger partial charge in [-0.2, -0.15) is 4.31 Å². The first-order valence-electron chi connectivity index (χ1n) is 10.3. The van der Waals surface area contributed by atoms with Crippen LogP contribution in [-0.4, -0.2) is 46.2 Å². The van der Waals surface area contributed by atoms with Gasteiger partial charge in [-0.15, -0.1) is 5.10 Å². The lowest BCUT2D eigenvalue weighted by Crippen LogP contribution is -2.45. The minimum absolute atomic E-state index is 0.120. The van der Waals surface area contributed by atoms with Crippen LogP contribution < -0.4 is 5.32 Å². The number of hydrogen-bond acceptors (Lipinski definition) is 5. The molecule has 2 heterocycles. The summed E-state index contributed by atoms with van der Waals surface area (Å²) in [5.41, 5.74) is 2.09. The molecule has 1 atom stereocenters. The van der Waals surface area contributed by atoms with Crippen LogP contribution in [-0.2, 0) is 27.9 Å². The molecule has 1 aliphatic heterocycles. The monoisotopic (exact) mass is 461 g/mol. The lowest BCUT2D eigenvalue weighted by molar-refractivity contribution is -0.124. The van der Waals surface area contributed by atoms with Crippen molar-refractivity contribution in [3.05, 3.63) is 53.1 Å². The molecule has 1 N–H and O–H groups in total. The quantitative estimate of drug-likeness (QED) is 0.583. The Bertz CT molecular complexity index is 1210. The second kappa shape index (κ2) is 8.94. The fourth-order valence-corrected chi connectivity index (χ4v) is 5.74. The lowest BCUT2D eigenvalue weighted by Gasteiger charge is -2.23. The van der Waals surface area contributed by atoms with Crippen LogP contribution in [0.25, 0.3) is 11.0 Å². The molecule has 0 radical (unpaired) electrons. The molecule has 1 fully saturated rings. The minimum atomic E-state index is -3.85. The highest BCUT2D eigenvalue weighted by molar-refractivity contribution is 7.89. The SMILES string of the molecule is CCCn1nnc2cc(S(=O)(=O)N3CCC[C@H]3C(=O)NCc3ccccc3Cl)ccc21. The zero-order valence-electron chi connectivity index (χ0n) is 17.2. The van der Waals surface area contributed by atoms with Gasteiger partial charge in [0.05, 0.1) is 10.4 Å². The summed E-state index contributed by atoms with van der Waals surface area (Å²) in [4.78, 5) is 12.9. The number of benzene rings is 2. The summed E-state index contributed by atoms with van der Waals surface area (Å²) < 4.78 is 29.7. The van der Waals surface area contributed by atoms with Crippen molar-refractivity contribution in [3.8, 4) is 0 Å². The number of hydrogen-bond donors (Lipinski definition) is 1. The normalized spacial score (nSPS) is 17.3. The number of fused-ring (bicyclic) bond motifs is 1. The van der Waals surface area contributed by atoms with E-state index in [-0.39, 0.29) is 17.3 Å². The molecular formula is C21H24ClN5O3S. The number of halogens is 1. The van der Waals surface area contributed by atoms with E-state index < -0.39 is 16.1 Å². The third kappa shape index (κ3) is 4.30. The molecule has 1 amide bonds. The summed E-state index contributed by atoms with van der Waals surface area (Å²) in [6.45, 7) is 3.29. The van der Waals surface area contributed by atoms with Crippen molar-refractivity contribution in [1.82, 2.24) is 24.6 Å². The number of sulfonamides is 1. The van der Waals surface area contributed by atoms with E-state index in [4.69, 9.17) is 11.6 Å². The summed E-state index contributed by atoms with van der Waals surface area (Å²) >= 11 is 6.15. The molecule has 31 heavy (non-hydrogen) atoms. The summed E-state index contributed by atoms with van der Waals surface area (Å²) in [7, 11) is -3.85. The Kier molecular flexibility index (Phi) is 6.27. The minimum Gasteiger partial charge on any atom is -0.351 e. The van der Waals surface area contributed by atoms with Gasteiger partial charge in [-0.25, -0.2) is 13.1 Å². The third-order valence-corrected chi connectivity index (χ3v) is 7.72. The maximum absolute atomic E-state index is 13.3. The number of nitrogens with one attached hydrogen (secondary N) is 1. The molecule has 8 nitrogen and oxygen atoms in total. The number of amides is 1. The molecule has 4 rings (SSSR count). The second-order valence-electron chi connectivity index (χ2n) is 7.55. The number of rotatable bonds is 7. The second-order valence-corrected chi connectivity index (χ2v) is 9.84. The predicted octanol–water partition coefficient (Wildman–Crippen LogP) is 2.96. The number of carbonyl (C=O) groups is 1. The van der Waals surface area contributed by atoms with Crippen LogP contribution in [0.4, 0.5) is 0 Å². The van der Waals surface area contributed by atoms with Gasteiger partial charge in [-0.3, -0.25) is 4.79 Å². The van der Waals surface area contributed by atoms with Gasteiger partial charge in [0, 0.05) is 24.7 Å². The standard InChI is InChI=1S/C21H24ClN5O3S/c1-2-11-26-19-10-9-16(13-18(19)24-25-26)31(29,30)27-12-5-8-20(27)21(28)23-14-15-6-3-4-7-17(15)22/h3-4,6-7,9-10,13,20H,2,5,8,11-12,14H2,1H3,(H,23,28)/t20-/m0/s1. The van der Waals surface area contributed by atoms with E-state index in [1.54, 1.807) is 22.9 Å². The maximum atomic E-state index is 13.3. The van der Waals surface area contributed by atoms with E-state index in [0.717, 1.165) is 17.5 Å². The first kappa shape index (κ1) is 21.7. The highest BCUT2D eigenvalue weighted by Crippen LogP contribution is 2.28. The van der Waals surface area contributed by atoms with Crippen molar-refractivity contribution in [2.24, 2.45) is 0 Å². The zero-order chi connectivity index (χ0) is 22.0. The summed E-state index contributed by atoms with van der Waals surface area (Å²) in [6, 6.07) is 11.3. The van der Waals surface area contributed by atoms with Crippen LogP contribution in [0.5, 0.6) is 0 Å². The van der Waals surface area contributed by atoms with Crippen LogP contribution in [0.15, 0.2) is 47.4 Å². The van der Waals surface area contributed by atoms with Crippen molar-refractivity contribution in [1.29, 1.82) is 0 Å². The first-order valence-corrected chi connectivity index (χ1v) is 12.1. The molecule has 3 aromatic rings. The van der Waals surface area contributed by atoms with E-state index in [0.29, 0.717) is 36.5 Å². The smallest absolute Gasteiger partial charge is 0.243 e. The van der Waals surface area contributed by atoms with E-state index in [1.807, 2.05) is 25.1 Å². The molecule has 0 spiro atoms. The Balaban J connectivity index is 1.53. The van der Waals surface area contributed by atoms with Crippen LogP contribution in [0.1, 0.15) is 31.7 Å². The molecule has 0 aliphatic carbocycles. The topological polar surface area (TPSA) is 97.2 Å². The average Bonchev–Trinajstić information content (AvgIpc) is 3.41. The molecule has 1 aromatic heterocycles. The van der Waals surface area contributed by atoms with Gasteiger partial charge >= 0.3 is 0 Å². The largest absolute Gasteiger partial charge is 0.351 e. The van der Waals surface area contributed by atoms with Crippen molar-refractivity contribution >= 4 is 38.6 Å². The van der Waals surface area contributed by atoms with Gasteiger partial charge in [0.15, 0.2) is 0 Å².